The van der Waals surface area contributed by atoms with Crippen molar-refractivity contribution < 1.29 is 5.11 Å². The number of aryl methyl sites for hydroxylation is 1. The molecule has 0 unspecified atom stereocenters. The fourth-order valence-corrected chi connectivity index (χ4v) is 4.44. The minimum atomic E-state index is -1.06. The third-order valence-corrected chi connectivity index (χ3v) is 6.22. The monoisotopic (exact) mass is 477 g/mol. The first kappa shape index (κ1) is 21.6. The van der Waals surface area contributed by atoms with E-state index in [0.717, 1.165) is 32.8 Å². The molecule has 166 valence electrons. The molecule has 3 aromatic heterocycles. The highest BCUT2D eigenvalue weighted by molar-refractivity contribution is 6.39. The molecule has 5 aromatic rings. The Balaban J connectivity index is 1.65. The normalized spacial score (nSPS) is 11.9. The Labute approximate surface area is 200 Å². The van der Waals surface area contributed by atoms with Gasteiger partial charge in [0.1, 0.15) is 5.82 Å². The highest BCUT2D eigenvalue weighted by Crippen LogP contribution is 2.39. The molecule has 2 aromatic carbocycles. The van der Waals surface area contributed by atoms with E-state index < -0.39 is 5.60 Å². The van der Waals surface area contributed by atoms with Crippen molar-refractivity contribution in [3.63, 3.8) is 0 Å². The molecule has 0 spiro atoms. The maximum Gasteiger partial charge on any atom is 0.139 e. The Kier molecular flexibility index (Phi) is 5.24. The highest BCUT2D eigenvalue weighted by atomic mass is 35.5. The number of aromatic nitrogens is 4. The van der Waals surface area contributed by atoms with Crippen molar-refractivity contribution in [3.8, 4) is 11.1 Å². The lowest BCUT2D eigenvalue weighted by Crippen LogP contribution is -2.15. The van der Waals surface area contributed by atoms with Gasteiger partial charge in [-0.05, 0) is 55.3 Å². The van der Waals surface area contributed by atoms with Gasteiger partial charge in [0.05, 0.1) is 33.0 Å². The van der Waals surface area contributed by atoms with Crippen molar-refractivity contribution in [2.75, 3.05) is 5.32 Å². The molecule has 0 amide bonds. The zero-order valence-corrected chi connectivity index (χ0v) is 19.8. The third kappa shape index (κ3) is 4.02. The number of nitrogens with zero attached hydrogens (tertiary/aromatic N) is 4. The molecule has 0 aliphatic carbocycles. The number of aliphatic hydroxyl groups is 1. The lowest BCUT2D eigenvalue weighted by atomic mass is 9.98. The largest absolute Gasteiger partial charge is 0.386 e. The first-order valence-electron chi connectivity index (χ1n) is 10.4. The van der Waals surface area contributed by atoms with Gasteiger partial charge in [-0.1, -0.05) is 29.3 Å². The molecule has 0 saturated carbocycles. The smallest absolute Gasteiger partial charge is 0.139 e. The van der Waals surface area contributed by atoms with Crippen LogP contribution in [0.25, 0.3) is 32.8 Å². The van der Waals surface area contributed by atoms with Gasteiger partial charge >= 0.3 is 0 Å². The summed E-state index contributed by atoms with van der Waals surface area (Å²) in [4.78, 5) is 9.21. The molecular weight excluding hydrogens is 457 g/mol. The van der Waals surface area contributed by atoms with Crippen LogP contribution in [0, 0.1) is 0 Å². The van der Waals surface area contributed by atoms with Crippen molar-refractivity contribution in [1.29, 1.82) is 0 Å². The zero-order chi connectivity index (χ0) is 23.3. The highest BCUT2D eigenvalue weighted by Gasteiger charge is 2.20. The van der Waals surface area contributed by atoms with E-state index in [1.807, 2.05) is 43.8 Å². The number of pyridine rings is 2. The summed E-state index contributed by atoms with van der Waals surface area (Å²) in [5.74, 6) is 0.619. The maximum atomic E-state index is 10.3. The van der Waals surface area contributed by atoms with Crippen LogP contribution >= 0.6 is 23.2 Å². The second-order valence-electron chi connectivity index (χ2n) is 8.52. The van der Waals surface area contributed by atoms with Crippen LogP contribution in [-0.2, 0) is 12.6 Å². The maximum absolute atomic E-state index is 10.3. The lowest BCUT2D eigenvalue weighted by molar-refractivity contribution is 0.0786. The van der Waals surface area contributed by atoms with Gasteiger partial charge in [-0.3, -0.25) is 9.67 Å². The number of fused-ring (bicyclic) bond motifs is 3. The Morgan fingerprint density at radius 3 is 2.36 bits per heavy atom. The molecule has 0 saturated heterocycles. The van der Waals surface area contributed by atoms with E-state index in [0.29, 0.717) is 27.1 Å². The van der Waals surface area contributed by atoms with Crippen LogP contribution in [0.5, 0.6) is 0 Å². The van der Waals surface area contributed by atoms with E-state index in [2.05, 4.69) is 21.5 Å². The summed E-state index contributed by atoms with van der Waals surface area (Å²) in [6.07, 6.45) is 7.38. The lowest BCUT2D eigenvalue weighted by Gasteiger charge is -2.20. The molecule has 3 heterocycles. The molecule has 6 nitrogen and oxygen atoms in total. The molecular formula is C25H21Cl2N5O. The number of anilines is 2. The average molecular weight is 478 g/mol. The second-order valence-corrected chi connectivity index (χ2v) is 9.33. The summed E-state index contributed by atoms with van der Waals surface area (Å²) in [6, 6.07) is 11.4. The van der Waals surface area contributed by atoms with Gasteiger partial charge in [0.15, 0.2) is 0 Å². The van der Waals surface area contributed by atoms with Crippen LogP contribution in [-0.4, -0.2) is 24.9 Å². The van der Waals surface area contributed by atoms with E-state index in [1.54, 1.807) is 36.9 Å². The van der Waals surface area contributed by atoms with Crippen LogP contribution in [0.2, 0.25) is 10.0 Å². The SMILES string of the molecule is Cn1cc(-c2ccc3nc(Nc4c(Cl)cc(C(C)(C)O)cc4Cl)c4ccncc4c3c2)cn1. The van der Waals surface area contributed by atoms with Gasteiger partial charge < -0.3 is 10.4 Å². The molecule has 0 fully saturated rings. The first-order chi connectivity index (χ1) is 15.7. The second kappa shape index (κ2) is 7.99. The Morgan fingerprint density at radius 2 is 1.70 bits per heavy atom. The summed E-state index contributed by atoms with van der Waals surface area (Å²) < 4.78 is 1.78. The molecule has 5 rings (SSSR count). The van der Waals surface area contributed by atoms with Gasteiger partial charge in [0.2, 0.25) is 0 Å². The van der Waals surface area contributed by atoms with Crippen molar-refractivity contribution in [2.45, 2.75) is 19.4 Å². The third-order valence-electron chi connectivity index (χ3n) is 5.63. The van der Waals surface area contributed by atoms with Gasteiger partial charge in [-0.2, -0.15) is 5.10 Å². The quantitative estimate of drug-likeness (QED) is 0.290. The predicted molar refractivity (Wildman–Crippen MR) is 134 cm³/mol. The minimum absolute atomic E-state index is 0.399. The average Bonchev–Trinajstić information content (AvgIpc) is 3.21. The van der Waals surface area contributed by atoms with Crippen molar-refractivity contribution >= 4 is 56.4 Å². The van der Waals surface area contributed by atoms with E-state index in [-0.39, 0.29) is 0 Å². The number of nitrogens with one attached hydrogen (secondary N) is 1. The molecule has 0 radical (unpaired) electrons. The Morgan fingerprint density at radius 1 is 0.939 bits per heavy atom. The van der Waals surface area contributed by atoms with Crippen LogP contribution in [0.4, 0.5) is 11.5 Å². The molecule has 33 heavy (non-hydrogen) atoms. The summed E-state index contributed by atoms with van der Waals surface area (Å²) in [6.45, 7) is 3.38. The zero-order valence-electron chi connectivity index (χ0n) is 18.3. The fraction of sp³-hybridized carbons (Fsp3) is 0.160. The molecule has 8 heteroatoms. The van der Waals surface area contributed by atoms with Gasteiger partial charge in [0.25, 0.3) is 0 Å². The summed E-state index contributed by atoms with van der Waals surface area (Å²) in [5.41, 5.74) is 3.00. The summed E-state index contributed by atoms with van der Waals surface area (Å²) >= 11 is 13.1. The van der Waals surface area contributed by atoms with Crippen molar-refractivity contribution in [1.82, 2.24) is 19.7 Å². The molecule has 0 aliphatic rings. The number of halogens is 2. The van der Waals surface area contributed by atoms with Crippen LogP contribution < -0.4 is 5.32 Å². The molecule has 2 N–H and O–H groups in total. The summed E-state index contributed by atoms with van der Waals surface area (Å²) in [5, 5.41) is 21.5. The standard InChI is InChI=1S/C25H21Cl2N5O/c1-25(2,33)16-9-20(26)23(21(27)10-16)31-24-17-6-7-28-12-19(17)18-8-14(4-5-22(18)30-24)15-11-29-32(3)13-15/h4-13,33H,1-3H3,(H,30,31). The van der Waals surface area contributed by atoms with Crippen molar-refractivity contribution in [2.24, 2.45) is 7.05 Å². The first-order valence-corrected chi connectivity index (χ1v) is 11.1. The van der Waals surface area contributed by atoms with Gasteiger partial charge in [0, 0.05) is 47.4 Å². The number of benzene rings is 2. The number of hydrogen-bond acceptors (Lipinski definition) is 5. The topological polar surface area (TPSA) is 75.9 Å². The van der Waals surface area contributed by atoms with E-state index in [4.69, 9.17) is 28.2 Å². The Hall–Kier alpha value is -3.19. The van der Waals surface area contributed by atoms with Gasteiger partial charge in [-0.15, -0.1) is 0 Å². The number of rotatable bonds is 4. The van der Waals surface area contributed by atoms with Crippen molar-refractivity contribution in [3.05, 3.63) is 76.8 Å². The molecule has 0 bridgehead atoms. The van der Waals surface area contributed by atoms with E-state index >= 15 is 0 Å². The predicted octanol–water partition coefficient (Wildman–Crippen LogP) is 6.46. The van der Waals surface area contributed by atoms with E-state index in [1.165, 1.54) is 0 Å². The minimum Gasteiger partial charge on any atom is -0.386 e. The van der Waals surface area contributed by atoms with Gasteiger partial charge in [-0.25, -0.2) is 4.98 Å². The molecule has 0 aliphatic heterocycles. The Bertz CT molecular complexity index is 1500. The summed E-state index contributed by atoms with van der Waals surface area (Å²) in [7, 11) is 1.90. The van der Waals surface area contributed by atoms with Crippen LogP contribution in [0.1, 0.15) is 19.4 Å². The number of hydrogen-bond donors (Lipinski definition) is 2. The fourth-order valence-electron chi connectivity index (χ4n) is 3.85. The molecule has 0 atom stereocenters. The van der Waals surface area contributed by atoms with Crippen LogP contribution in [0.3, 0.4) is 0 Å². The van der Waals surface area contributed by atoms with Crippen LogP contribution in [0.15, 0.2) is 61.2 Å². The van der Waals surface area contributed by atoms with E-state index in [9.17, 15) is 5.11 Å².